The highest BCUT2D eigenvalue weighted by Gasteiger charge is 2.36. The van der Waals surface area contributed by atoms with E-state index in [1.165, 1.54) is 77.0 Å². The number of esters is 2. The fourth-order valence-electron chi connectivity index (χ4n) is 5.03. The van der Waals surface area contributed by atoms with Crippen LogP contribution in [0.1, 0.15) is 162 Å². The van der Waals surface area contributed by atoms with Gasteiger partial charge in [0.1, 0.15) is 6.61 Å². The largest absolute Gasteiger partial charge is 0.462 e. The quantitative estimate of drug-likeness (QED) is 0.0421. The maximum absolute atomic E-state index is 12.1. The smallest absolute Gasteiger partial charge is 0.306 e. The number of hydrogen-bond donors (Lipinski definition) is 1. The van der Waals surface area contributed by atoms with Gasteiger partial charge in [-0.05, 0) is 38.5 Å². The molecule has 3 atom stereocenters. The number of aliphatic hydroxyl groups excluding tert-OH is 1. The van der Waals surface area contributed by atoms with E-state index in [-0.39, 0.29) is 25.2 Å². The number of epoxide rings is 1. The van der Waals surface area contributed by atoms with Gasteiger partial charge in [-0.2, -0.15) is 0 Å². The molecule has 6 nitrogen and oxygen atoms in total. The topological polar surface area (TPSA) is 85.4 Å². The minimum atomic E-state index is -0.776. The lowest BCUT2D eigenvalue weighted by molar-refractivity contribution is -0.161. The molecule has 1 aliphatic rings. The number of carbonyl (C=O) groups is 2. The Kier molecular flexibility index (Phi) is 24.3. The van der Waals surface area contributed by atoms with E-state index in [4.69, 9.17) is 14.2 Å². The number of ether oxygens (including phenoxy) is 3. The van der Waals surface area contributed by atoms with E-state index in [1.807, 2.05) is 0 Å². The zero-order valence-electron chi connectivity index (χ0n) is 26.1. The van der Waals surface area contributed by atoms with Crippen molar-refractivity contribution in [3.8, 4) is 0 Å². The Hall–Kier alpha value is -1.40. The first-order valence-corrected chi connectivity index (χ1v) is 16.9. The number of rotatable bonds is 29. The zero-order valence-corrected chi connectivity index (χ0v) is 26.1. The van der Waals surface area contributed by atoms with Gasteiger partial charge in [-0.3, -0.25) is 9.59 Å². The lowest BCUT2D eigenvalue weighted by atomic mass is 10.1. The van der Waals surface area contributed by atoms with E-state index in [9.17, 15) is 14.7 Å². The molecule has 1 aliphatic heterocycles. The number of aliphatic hydroxyl groups is 1. The molecule has 6 heteroatoms. The van der Waals surface area contributed by atoms with Crippen LogP contribution in [0, 0.1) is 0 Å². The summed E-state index contributed by atoms with van der Waals surface area (Å²) < 4.78 is 16.3. The fraction of sp³-hybridized carbons (Fsp3) is 0.882. The third kappa shape index (κ3) is 22.3. The zero-order chi connectivity index (χ0) is 29.1. The summed E-state index contributed by atoms with van der Waals surface area (Å²) in [5, 5.41) is 9.50. The molecule has 0 aromatic carbocycles. The van der Waals surface area contributed by atoms with Gasteiger partial charge in [-0.15, -0.1) is 0 Å². The monoisotopic (exact) mass is 566 g/mol. The Balaban J connectivity index is 1.92. The van der Waals surface area contributed by atoms with Crippen molar-refractivity contribution in [1.82, 2.24) is 0 Å². The van der Waals surface area contributed by atoms with Crippen LogP contribution in [-0.2, 0) is 23.8 Å². The van der Waals surface area contributed by atoms with Crippen LogP contribution in [0.2, 0.25) is 0 Å². The van der Waals surface area contributed by atoms with E-state index in [1.54, 1.807) is 0 Å². The molecule has 2 unspecified atom stereocenters. The van der Waals surface area contributed by atoms with Gasteiger partial charge >= 0.3 is 11.9 Å². The van der Waals surface area contributed by atoms with Crippen molar-refractivity contribution < 1.29 is 28.9 Å². The predicted octanol–water partition coefficient (Wildman–Crippen LogP) is 8.77. The number of hydrogen-bond acceptors (Lipinski definition) is 6. The summed E-state index contributed by atoms with van der Waals surface area (Å²) in [4.78, 5) is 24.1. The first-order valence-electron chi connectivity index (χ1n) is 16.9. The minimum Gasteiger partial charge on any atom is -0.462 e. The van der Waals surface area contributed by atoms with Gasteiger partial charge < -0.3 is 19.3 Å². The van der Waals surface area contributed by atoms with Crippen LogP contribution in [0.15, 0.2) is 12.2 Å². The summed E-state index contributed by atoms with van der Waals surface area (Å²) in [5.74, 6) is -0.613. The van der Waals surface area contributed by atoms with Crippen molar-refractivity contribution in [2.24, 2.45) is 0 Å². The minimum absolute atomic E-state index is 0.0717. The van der Waals surface area contributed by atoms with Crippen molar-refractivity contribution in [3.05, 3.63) is 12.2 Å². The van der Waals surface area contributed by atoms with Crippen molar-refractivity contribution in [3.63, 3.8) is 0 Å². The summed E-state index contributed by atoms with van der Waals surface area (Å²) in [5.41, 5.74) is 0. The normalized spacial score (nSPS) is 17.3. The molecule has 40 heavy (non-hydrogen) atoms. The maximum atomic E-state index is 12.1. The lowest BCUT2D eigenvalue weighted by Gasteiger charge is -2.15. The summed E-state index contributed by atoms with van der Waals surface area (Å²) >= 11 is 0. The Labute approximate surface area is 246 Å². The van der Waals surface area contributed by atoms with Gasteiger partial charge in [0.05, 0.1) is 18.8 Å². The van der Waals surface area contributed by atoms with Gasteiger partial charge in [0.25, 0.3) is 0 Å². The number of unbranched alkanes of at least 4 members (excludes halogenated alkanes) is 16. The molecule has 0 radical (unpaired) electrons. The molecule has 0 aromatic heterocycles. The van der Waals surface area contributed by atoms with E-state index in [0.29, 0.717) is 25.0 Å². The van der Waals surface area contributed by atoms with E-state index < -0.39 is 6.10 Å². The second-order valence-corrected chi connectivity index (χ2v) is 11.6. The molecule has 0 saturated carbocycles. The summed E-state index contributed by atoms with van der Waals surface area (Å²) in [6.07, 6.45) is 30.0. The Morgan fingerprint density at radius 1 is 0.700 bits per heavy atom. The molecule has 1 saturated heterocycles. The summed E-state index contributed by atoms with van der Waals surface area (Å²) in [7, 11) is 0. The lowest BCUT2D eigenvalue weighted by Crippen LogP contribution is -2.28. The van der Waals surface area contributed by atoms with E-state index >= 15 is 0 Å². The predicted molar refractivity (Wildman–Crippen MR) is 163 cm³/mol. The van der Waals surface area contributed by atoms with Gasteiger partial charge in [0.2, 0.25) is 0 Å². The average molecular weight is 567 g/mol. The highest BCUT2D eigenvalue weighted by molar-refractivity contribution is 5.70. The van der Waals surface area contributed by atoms with E-state index in [2.05, 4.69) is 26.0 Å². The van der Waals surface area contributed by atoms with Gasteiger partial charge in [0, 0.05) is 12.8 Å². The molecular formula is C34H62O6. The first-order chi connectivity index (χ1) is 19.6. The highest BCUT2D eigenvalue weighted by Crippen LogP contribution is 2.30. The SMILES string of the molecule is CCCCC/C=C\CC1OC1CCCCCCCC(=O)O[C@@H](CO)COC(=O)CCCCCCCCCCCC. The molecule has 1 rings (SSSR count). The third-order valence-corrected chi connectivity index (χ3v) is 7.73. The second kappa shape index (κ2) is 26.5. The molecule has 1 N–H and O–H groups in total. The fourth-order valence-corrected chi connectivity index (χ4v) is 5.03. The van der Waals surface area contributed by atoms with Crippen LogP contribution in [0.4, 0.5) is 0 Å². The Morgan fingerprint density at radius 3 is 1.88 bits per heavy atom. The van der Waals surface area contributed by atoms with Crippen LogP contribution < -0.4 is 0 Å². The Bertz CT molecular complexity index is 634. The molecule has 0 amide bonds. The molecule has 0 aliphatic carbocycles. The number of carbonyl (C=O) groups excluding carboxylic acids is 2. The average Bonchev–Trinajstić information content (AvgIpc) is 3.71. The van der Waals surface area contributed by atoms with Crippen LogP contribution in [0.3, 0.4) is 0 Å². The Morgan fingerprint density at radius 2 is 1.25 bits per heavy atom. The van der Waals surface area contributed by atoms with Crippen molar-refractivity contribution in [2.45, 2.75) is 180 Å². The highest BCUT2D eigenvalue weighted by atomic mass is 16.6. The molecule has 0 aromatic rings. The van der Waals surface area contributed by atoms with E-state index in [0.717, 1.165) is 57.8 Å². The number of allylic oxidation sites excluding steroid dienone is 1. The van der Waals surface area contributed by atoms with Gasteiger partial charge in [0.15, 0.2) is 6.10 Å². The molecule has 0 spiro atoms. The second-order valence-electron chi connectivity index (χ2n) is 11.6. The molecule has 1 heterocycles. The van der Waals surface area contributed by atoms with Crippen LogP contribution in [-0.4, -0.2) is 48.6 Å². The molecule has 234 valence electrons. The summed E-state index contributed by atoms with van der Waals surface area (Å²) in [6.45, 7) is 4.06. The van der Waals surface area contributed by atoms with Crippen molar-refractivity contribution in [2.75, 3.05) is 13.2 Å². The summed E-state index contributed by atoms with van der Waals surface area (Å²) in [6, 6.07) is 0. The molecule has 0 bridgehead atoms. The van der Waals surface area contributed by atoms with Gasteiger partial charge in [-0.25, -0.2) is 0 Å². The van der Waals surface area contributed by atoms with Crippen LogP contribution >= 0.6 is 0 Å². The van der Waals surface area contributed by atoms with Crippen molar-refractivity contribution in [1.29, 1.82) is 0 Å². The first kappa shape index (κ1) is 36.6. The van der Waals surface area contributed by atoms with Gasteiger partial charge in [-0.1, -0.05) is 122 Å². The molecular weight excluding hydrogens is 504 g/mol. The third-order valence-electron chi connectivity index (χ3n) is 7.73. The van der Waals surface area contributed by atoms with Crippen molar-refractivity contribution >= 4 is 11.9 Å². The van der Waals surface area contributed by atoms with Crippen LogP contribution in [0.5, 0.6) is 0 Å². The maximum Gasteiger partial charge on any atom is 0.306 e. The van der Waals surface area contributed by atoms with Crippen LogP contribution in [0.25, 0.3) is 0 Å². The molecule has 1 fully saturated rings. The standard InChI is InChI=1S/C34H62O6/c1-3-5-7-9-11-12-13-14-18-22-26-33(36)38-29-30(28-35)39-34(37)27-23-19-15-17-21-25-32-31(40-32)24-20-16-10-8-6-4-2/h16,20,30-32,35H,3-15,17-19,21-29H2,1-2H3/b20-16-/t30-,31?,32?/m0/s1.